The molecule has 2 heterocycles. The largest absolute Gasteiger partial charge is 0.492 e. The van der Waals surface area contributed by atoms with Gasteiger partial charge in [0.15, 0.2) is 0 Å². The van der Waals surface area contributed by atoms with Gasteiger partial charge >= 0.3 is 0 Å². The Balaban J connectivity index is 1.18. The number of carbonyl (C=O) groups excluding carboxylic acids is 1. The molecule has 4 rings (SSSR count). The van der Waals surface area contributed by atoms with Crippen molar-refractivity contribution < 1.29 is 30.8 Å². The Morgan fingerprint density at radius 3 is 2.21 bits per heavy atom. The molecule has 0 unspecified atom stereocenters. The van der Waals surface area contributed by atoms with Crippen LogP contribution in [0.5, 0.6) is 5.75 Å². The molecule has 38 heavy (non-hydrogen) atoms. The van der Waals surface area contributed by atoms with Crippen LogP contribution in [0, 0.1) is 11.7 Å². The van der Waals surface area contributed by atoms with Crippen LogP contribution in [-0.2, 0) is 30.6 Å². The molecule has 9 nitrogen and oxygen atoms in total. The number of carbonyl (C=O) groups is 1. The van der Waals surface area contributed by atoms with E-state index in [0.29, 0.717) is 31.7 Å². The van der Waals surface area contributed by atoms with E-state index in [1.165, 1.54) is 38.9 Å². The number of benzene rings is 2. The normalized spacial score (nSPS) is 18.2. The van der Waals surface area contributed by atoms with E-state index >= 15 is 0 Å². The molecular formula is C26H34FN3O6S2. The molecule has 2 aliphatic rings. The van der Waals surface area contributed by atoms with Gasteiger partial charge in [0.1, 0.15) is 18.2 Å². The van der Waals surface area contributed by atoms with Crippen molar-refractivity contribution in [3.05, 3.63) is 59.9 Å². The number of nitrogens with zero attached hydrogens (tertiary/aromatic N) is 2. The standard InChI is InChI=1S/C26H34FN3O6S2/c27-25-7-3-2-6-22(25)20-37(32,33)29-17-12-21(13-18-29)26(31)28-14-19-36-23-8-10-24(11-9-23)38(34,35)30-15-4-1-5-16-30/h2-3,6-11,21H,1,4-5,12-20H2,(H,28,31). The number of ether oxygens (including phenoxy) is 1. The summed E-state index contributed by atoms with van der Waals surface area (Å²) in [6.07, 6.45) is 3.57. The number of amides is 1. The van der Waals surface area contributed by atoms with Gasteiger partial charge in [-0.1, -0.05) is 24.6 Å². The average molecular weight is 568 g/mol. The first kappa shape index (κ1) is 28.5. The lowest BCUT2D eigenvalue weighted by molar-refractivity contribution is -0.126. The highest BCUT2D eigenvalue weighted by Gasteiger charge is 2.31. The topological polar surface area (TPSA) is 113 Å². The Kier molecular flexibility index (Phi) is 9.40. The van der Waals surface area contributed by atoms with E-state index in [2.05, 4.69) is 5.32 Å². The summed E-state index contributed by atoms with van der Waals surface area (Å²) in [4.78, 5) is 12.8. The second kappa shape index (κ2) is 12.5. The predicted octanol–water partition coefficient (Wildman–Crippen LogP) is 2.74. The maximum atomic E-state index is 13.9. The monoisotopic (exact) mass is 567 g/mol. The van der Waals surface area contributed by atoms with Crippen molar-refractivity contribution in [3.63, 3.8) is 0 Å². The Hall–Kier alpha value is -2.54. The summed E-state index contributed by atoms with van der Waals surface area (Å²) in [6, 6.07) is 12.1. The van der Waals surface area contributed by atoms with Crippen LogP contribution in [0.2, 0.25) is 0 Å². The van der Waals surface area contributed by atoms with Crippen LogP contribution in [0.1, 0.15) is 37.7 Å². The highest BCUT2D eigenvalue weighted by atomic mass is 32.2. The summed E-state index contributed by atoms with van der Waals surface area (Å²) in [6.45, 7) is 1.97. The van der Waals surface area contributed by atoms with Crippen LogP contribution in [0.4, 0.5) is 4.39 Å². The fourth-order valence-electron chi connectivity index (χ4n) is 4.75. The third-order valence-corrected chi connectivity index (χ3v) is 10.7. The van der Waals surface area contributed by atoms with Gasteiger partial charge in [-0.3, -0.25) is 4.79 Å². The first-order valence-electron chi connectivity index (χ1n) is 12.9. The molecule has 0 spiro atoms. The molecule has 0 aliphatic carbocycles. The van der Waals surface area contributed by atoms with Crippen molar-refractivity contribution in [1.29, 1.82) is 0 Å². The number of halogens is 1. The van der Waals surface area contributed by atoms with Gasteiger partial charge in [-0.15, -0.1) is 0 Å². The van der Waals surface area contributed by atoms with Crippen molar-refractivity contribution >= 4 is 26.0 Å². The van der Waals surface area contributed by atoms with Crippen molar-refractivity contribution in [3.8, 4) is 5.75 Å². The molecule has 1 amide bonds. The molecule has 2 fully saturated rings. The van der Waals surface area contributed by atoms with E-state index in [1.54, 1.807) is 18.2 Å². The van der Waals surface area contributed by atoms with Gasteiger partial charge in [0.2, 0.25) is 26.0 Å². The van der Waals surface area contributed by atoms with Crippen molar-refractivity contribution in [1.82, 2.24) is 13.9 Å². The molecule has 2 aliphatic heterocycles. The summed E-state index contributed by atoms with van der Waals surface area (Å²) >= 11 is 0. The Bertz CT molecular complexity index is 1300. The van der Waals surface area contributed by atoms with Crippen LogP contribution < -0.4 is 10.1 Å². The van der Waals surface area contributed by atoms with E-state index in [9.17, 15) is 26.0 Å². The van der Waals surface area contributed by atoms with Crippen molar-refractivity contribution in [2.45, 2.75) is 42.8 Å². The third kappa shape index (κ3) is 7.10. The Labute approximate surface area is 224 Å². The molecule has 2 aromatic rings. The lowest BCUT2D eigenvalue weighted by Gasteiger charge is -2.30. The van der Waals surface area contributed by atoms with Gasteiger partial charge < -0.3 is 10.1 Å². The first-order chi connectivity index (χ1) is 18.2. The third-order valence-electron chi connectivity index (χ3n) is 6.96. The van der Waals surface area contributed by atoms with Gasteiger partial charge in [0, 0.05) is 37.7 Å². The lowest BCUT2D eigenvalue weighted by Crippen LogP contribution is -2.44. The molecule has 0 bridgehead atoms. The number of rotatable bonds is 10. The zero-order chi connectivity index (χ0) is 27.2. The van der Waals surface area contributed by atoms with Gasteiger partial charge in [-0.2, -0.15) is 4.31 Å². The maximum absolute atomic E-state index is 13.9. The van der Waals surface area contributed by atoms with Crippen LogP contribution in [-0.4, -0.2) is 70.7 Å². The number of nitrogens with one attached hydrogen (secondary N) is 1. The van der Waals surface area contributed by atoms with Crippen LogP contribution in [0.3, 0.4) is 0 Å². The highest BCUT2D eigenvalue weighted by Crippen LogP contribution is 2.24. The summed E-state index contributed by atoms with van der Waals surface area (Å²) in [5.41, 5.74) is 0.130. The van der Waals surface area contributed by atoms with Crippen LogP contribution in [0.15, 0.2) is 53.4 Å². The average Bonchev–Trinajstić information content (AvgIpc) is 2.93. The lowest BCUT2D eigenvalue weighted by atomic mass is 9.97. The maximum Gasteiger partial charge on any atom is 0.243 e. The smallest absolute Gasteiger partial charge is 0.243 e. The van der Waals surface area contributed by atoms with Crippen molar-refractivity contribution in [2.75, 3.05) is 39.3 Å². The first-order valence-corrected chi connectivity index (χ1v) is 15.9. The zero-order valence-corrected chi connectivity index (χ0v) is 22.9. The molecular weight excluding hydrogens is 533 g/mol. The summed E-state index contributed by atoms with van der Waals surface area (Å²) in [5, 5.41) is 2.82. The van der Waals surface area contributed by atoms with E-state index in [-0.39, 0.29) is 48.5 Å². The predicted molar refractivity (Wildman–Crippen MR) is 141 cm³/mol. The molecule has 0 saturated carbocycles. The SMILES string of the molecule is O=C(NCCOc1ccc(S(=O)(=O)N2CCCCC2)cc1)C1CCN(S(=O)(=O)Cc2ccccc2F)CC1. The minimum absolute atomic E-state index is 0.130. The molecule has 1 N–H and O–H groups in total. The van der Waals surface area contributed by atoms with Gasteiger partial charge in [-0.05, 0) is 56.0 Å². The molecule has 2 saturated heterocycles. The summed E-state index contributed by atoms with van der Waals surface area (Å²) in [7, 11) is -7.17. The number of hydrogen-bond donors (Lipinski definition) is 1. The minimum atomic E-state index is -3.68. The molecule has 0 radical (unpaired) electrons. The molecule has 12 heteroatoms. The summed E-state index contributed by atoms with van der Waals surface area (Å²) in [5.74, 6) is -0.924. The van der Waals surface area contributed by atoms with E-state index in [4.69, 9.17) is 4.74 Å². The second-order valence-electron chi connectivity index (χ2n) is 9.60. The molecule has 0 aromatic heterocycles. The quantitative estimate of drug-likeness (QED) is 0.442. The zero-order valence-electron chi connectivity index (χ0n) is 21.2. The molecule has 0 atom stereocenters. The number of hydrogen-bond acceptors (Lipinski definition) is 6. The van der Waals surface area contributed by atoms with E-state index < -0.39 is 31.6 Å². The number of piperidine rings is 2. The van der Waals surface area contributed by atoms with Gasteiger partial charge in [0.05, 0.1) is 17.2 Å². The summed E-state index contributed by atoms with van der Waals surface area (Å²) < 4.78 is 73.2. The van der Waals surface area contributed by atoms with Crippen molar-refractivity contribution in [2.24, 2.45) is 5.92 Å². The minimum Gasteiger partial charge on any atom is -0.492 e. The molecule has 208 valence electrons. The van der Waals surface area contributed by atoms with E-state index in [0.717, 1.165) is 19.3 Å². The second-order valence-corrected chi connectivity index (χ2v) is 13.5. The van der Waals surface area contributed by atoms with Gasteiger partial charge in [0.25, 0.3) is 0 Å². The van der Waals surface area contributed by atoms with Crippen LogP contribution in [0.25, 0.3) is 0 Å². The fraction of sp³-hybridized carbons (Fsp3) is 0.500. The van der Waals surface area contributed by atoms with Crippen LogP contribution >= 0.6 is 0 Å². The molecule has 2 aromatic carbocycles. The Morgan fingerprint density at radius 2 is 1.55 bits per heavy atom. The highest BCUT2D eigenvalue weighted by molar-refractivity contribution is 7.89. The number of sulfonamides is 2. The van der Waals surface area contributed by atoms with Gasteiger partial charge in [-0.25, -0.2) is 25.5 Å². The fourth-order valence-corrected chi connectivity index (χ4v) is 7.84. The Morgan fingerprint density at radius 1 is 0.895 bits per heavy atom. The van der Waals surface area contributed by atoms with E-state index in [1.807, 2.05) is 0 Å².